The molecular formula is C23H30F2N4O5S. The Morgan fingerprint density at radius 3 is 2.49 bits per heavy atom. The fourth-order valence-corrected chi connectivity index (χ4v) is 5.87. The van der Waals surface area contributed by atoms with Crippen LogP contribution >= 0.6 is 0 Å². The lowest BCUT2D eigenvalue weighted by molar-refractivity contribution is -0.0498. The second kappa shape index (κ2) is 10.9. The fourth-order valence-electron chi connectivity index (χ4n) is 4.66. The number of sulfone groups is 1. The van der Waals surface area contributed by atoms with Crippen molar-refractivity contribution in [3.63, 3.8) is 0 Å². The highest BCUT2D eigenvalue weighted by atomic mass is 32.2. The van der Waals surface area contributed by atoms with Gasteiger partial charge in [0.25, 0.3) is 0 Å². The molecule has 3 heterocycles. The van der Waals surface area contributed by atoms with E-state index >= 15 is 0 Å². The van der Waals surface area contributed by atoms with Crippen molar-refractivity contribution in [1.82, 2.24) is 20.0 Å². The van der Waals surface area contributed by atoms with Gasteiger partial charge in [-0.05, 0) is 30.2 Å². The number of rotatable bonds is 7. The van der Waals surface area contributed by atoms with Gasteiger partial charge in [-0.2, -0.15) is 13.9 Å². The molecule has 35 heavy (non-hydrogen) atoms. The van der Waals surface area contributed by atoms with Crippen LogP contribution < -0.4 is 4.74 Å². The molecule has 2 atom stereocenters. The number of hydrogen-bond donors (Lipinski definition) is 1. The normalized spacial score (nSPS) is 22.4. The van der Waals surface area contributed by atoms with E-state index in [1.54, 1.807) is 29.0 Å². The Morgan fingerprint density at radius 1 is 1.14 bits per heavy atom. The van der Waals surface area contributed by atoms with Gasteiger partial charge >= 0.3 is 12.6 Å². The minimum absolute atomic E-state index is 0.0345. The van der Waals surface area contributed by atoms with Crippen LogP contribution in [0, 0.1) is 0 Å². The van der Waals surface area contributed by atoms with Crippen LogP contribution in [0.4, 0.5) is 13.6 Å². The van der Waals surface area contributed by atoms with Crippen molar-refractivity contribution in [2.24, 2.45) is 0 Å². The van der Waals surface area contributed by atoms with E-state index in [-0.39, 0.29) is 48.2 Å². The van der Waals surface area contributed by atoms with Crippen LogP contribution in [0.15, 0.2) is 30.3 Å². The molecule has 0 aliphatic carbocycles. The number of nitrogens with zero attached hydrogens (tertiary/aromatic N) is 3. The zero-order valence-electron chi connectivity index (χ0n) is 19.5. The Kier molecular flexibility index (Phi) is 7.90. The van der Waals surface area contributed by atoms with Crippen LogP contribution in [-0.4, -0.2) is 92.5 Å². The van der Waals surface area contributed by atoms with Gasteiger partial charge in [0.2, 0.25) is 0 Å². The molecule has 2 aliphatic rings. The van der Waals surface area contributed by atoms with E-state index in [1.165, 1.54) is 12.1 Å². The maximum absolute atomic E-state index is 13.3. The molecule has 2 saturated heterocycles. The number of ether oxygens (including phenoxy) is 2. The second-order valence-corrected chi connectivity index (χ2v) is 11.3. The predicted octanol–water partition coefficient (Wildman–Crippen LogP) is 2.62. The average molecular weight is 513 g/mol. The van der Waals surface area contributed by atoms with E-state index < -0.39 is 16.4 Å². The van der Waals surface area contributed by atoms with E-state index in [2.05, 4.69) is 14.9 Å². The predicted molar refractivity (Wildman–Crippen MR) is 125 cm³/mol. The number of H-pyrrole nitrogens is 1. The van der Waals surface area contributed by atoms with Gasteiger partial charge in [-0.25, -0.2) is 13.2 Å². The lowest BCUT2D eigenvalue weighted by atomic mass is 9.83. The van der Waals surface area contributed by atoms with Crippen LogP contribution in [0.5, 0.6) is 5.75 Å². The molecule has 12 heteroatoms. The average Bonchev–Trinajstić information content (AvgIpc) is 3.31. The molecule has 1 N–H and O–H groups in total. The summed E-state index contributed by atoms with van der Waals surface area (Å²) in [6, 6.07) is 8.29. The summed E-state index contributed by atoms with van der Waals surface area (Å²) in [5.74, 6) is -0.0871. The number of methoxy groups -OCH3 is 1. The zero-order valence-corrected chi connectivity index (χ0v) is 20.3. The first kappa shape index (κ1) is 25.4. The number of alkyl halides is 2. The fraction of sp³-hybridized carbons (Fsp3) is 0.565. The summed E-state index contributed by atoms with van der Waals surface area (Å²) in [5, 5.41) is 7.51. The molecule has 4 rings (SSSR count). The highest BCUT2D eigenvalue weighted by molar-refractivity contribution is 7.91. The van der Waals surface area contributed by atoms with Crippen LogP contribution in [0.2, 0.25) is 0 Å². The van der Waals surface area contributed by atoms with Gasteiger partial charge in [0.1, 0.15) is 5.75 Å². The van der Waals surface area contributed by atoms with Gasteiger partial charge in [-0.1, -0.05) is 12.1 Å². The zero-order chi connectivity index (χ0) is 25.0. The molecule has 2 aromatic rings. The number of amides is 2. The Hall–Kier alpha value is -2.73. The molecule has 0 bridgehead atoms. The number of carbonyl (C=O) groups excluding carboxylic acids is 1. The second-order valence-electron chi connectivity index (χ2n) is 8.96. The SMILES string of the molecule is COCCc1cc(C2CC(c3ccc(OC(F)F)cc3)CN(C(=O)N3CCS(=O)(=O)CC3)C2)n[nH]1. The number of aromatic amines is 1. The van der Waals surface area contributed by atoms with E-state index in [0.717, 1.165) is 23.4 Å². The highest BCUT2D eigenvalue weighted by Gasteiger charge is 2.36. The summed E-state index contributed by atoms with van der Waals surface area (Å²) >= 11 is 0. The molecule has 0 radical (unpaired) electrons. The molecule has 2 aliphatic heterocycles. The molecule has 9 nitrogen and oxygen atoms in total. The lowest BCUT2D eigenvalue weighted by Gasteiger charge is -2.40. The maximum atomic E-state index is 13.3. The summed E-state index contributed by atoms with van der Waals surface area (Å²) in [7, 11) is -1.47. The molecule has 2 amide bonds. The summed E-state index contributed by atoms with van der Waals surface area (Å²) < 4.78 is 58.3. The van der Waals surface area contributed by atoms with Crippen LogP contribution in [-0.2, 0) is 21.0 Å². The van der Waals surface area contributed by atoms with E-state index in [9.17, 15) is 22.0 Å². The van der Waals surface area contributed by atoms with Crippen molar-refractivity contribution in [3.8, 4) is 5.75 Å². The number of aromatic nitrogens is 2. The van der Waals surface area contributed by atoms with Gasteiger partial charge < -0.3 is 19.3 Å². The minimum atomic E-state index is -3.11. The van der Waals surface area contributed by atoms with E-state index in [4.69, 9.17) is 4.74 Å². The van der Waals surface area contributed by atoms with Gasteiger partial charge in [-0.3, -0.25) is 5.10 Å². The van der Waals surface area contributed by atoms with Crippen molar-refractivity contribution in [3.05, 3.63) is 47.3 Å². The quantitative estimate of drug-likeness (QED) is 0.612. The van der Waals surface area contributed by atoms with Crippen molar-refractivity contribution in [2.45, 2.75) is 31.3 Å². The van der Waals surface area contributed by atoms with Crippen molar-refractivity contribution in [2.75, 3.05) is 51.4 Å². The van der Waals surface area contributed by atoms with E-state index in [1.807, 2.05) is 6.07 Å². The summed E-state index contributed by atoms with van der Waals surface area (Å²) in [6.45, 7) is -1.08. The number of nitrogens with one attached hydrogen (secondary N) is 1. The van der Waals surface area contributed by atoms with Crippen LogP contribution in [0.1, 0.15) is 35.2 Å². The first-order chi connectivity index (χ1) is 16.7. The molecule has 1 aromatic heterocycles. The van der Waals surface area contributed by atoms with Gasteiger partial charge in [0, 0.05) is 57.2 Å². The Balaban J connectivity index is 1.54. The third-order valence-corrected chi connectivity index (χ3v) is 8.17. The number of halogens is 2. The molecular weight excluding hydrogens is 482 g/mol. The molecule has 0 spiro atoms. The maximum Gasteiger partial charge on any atom is 0.387 e. The Morgan fingerprint density at radius 2 is 1.83 bits per heavy atom. The molecule has 2 fully saturated rings. The van der Waals surface area contributed by atoms with Gasteiger partial charge in [0.05, 0.1) is 23.8 Å². The van der Waals surface area contributed by atoms with E-state index in [0.29, 0.717) is 26.1 Å². The smallest absolute Gasteiger partial charge is 0.387 e. The van der Waals surface area contributed by atoms with Crippen LogP contribution in [0.25, 0.3) is 0 Å². The number of carbonyl (C=O) groups is 1. The Labute approximate surface area is 203 Å². The topological polar surface area (TPSA) is 105 Å². The number of hydrogen-bond acceptors (Lipinski definition) is 6. The summed E-state index contributed by atoms with van der Waals surface area (Å²) in [4.78, 5) is 16.7. The molecule has 0 saturated carbocycles. The minimum Gasteiger partial charge on any atom is -0.435 e. The van der Waals surface area contributed by atoms with Gasteiger partial charge in [-0.15, -0.1) is 0 Å². The number of piperidine rings is 1. The lowest BCUT2D eigenvalue weighted by Crippen LogP contribution is -2.53. The molecule has 1 aromatic carbocycles. The third kappa shape index (κ3) is 6.49. The standard InChI is InChI=1S/C23H30F2N4O5S/c1-33-9-6-19-13-21(27-26-19)18-12-17(16-2-4-20(5-3-16)34-22(24)25)14-29(15-18)23(30)28-7-10-35(31,32)11-8-28/h2-5,13,17-18,22H,6-12,14-15H2,1H3,(H,26,27). The van der Waals surface area contributed by atoms with Crippen molar-refractivity contribution in [1.29, 1.82) is 0 Å². The molecule has 192 valence electrons. The largest absolute Gasteiger partial charge is 0.435 e. The van der Waals surface area contributed by atoms with Crippen LogP contribution in [0.3, 0.4) is 0 Å². The first-order valence-corrected chi connectivity index (χ1v) is 13.4. The Bertz CT molecular complexity index is 1100. The summed E-state index contributed by atoms with van der Waals surface area (Å²) in [6.07, 6.45) is 1.41. The van der Waals surface area contributed by atoms with Gasteiger partial charge in [0.15, 0.2) is 9.84 Å². The monoisotopic (exact) mass is 512 g/mol. The summed E-state index contributed by atoms with van der Waals surface area (Å²) in [5.41, 5.74) is 2.69. The first-order valence-electron chi connectivity index (χ1n) is 11.6. The number of benzene rings is 1. The third-order valence-electron chi connectivity index (χ3n) is 6.56. The highest BCUT2D eigenvalue weighted by Crippen LogP contribution is 2.36. The van der Waals surface area contributed by atoms with Crippen molar-refractivity contribution >= 4 is 15.9 Å². The van der Waals surface area contributed by atoms with Crippen molar-refractivity contribution < 1.29 is 31.5 Å². The number of urea groups is 1. The molecule has 2 unspecified atom stereocenters. The number of likely N-dealkylation sites (tertiary alicyclic amines) is 1.